The molecule has 1 aromatic heterocycles. The highest BCUT2D eigenvalue weighted by Crippen LogP contribution is 2.26. The molecule has 0 aliphatic carbocycles. The molecule has 0 unspecified atom stereocenters. The number of nitrogens with one attached hydrogen (secondary N) is 2. The minimum Gasteiger partial charge on any atom is -0.488 e. The van der Waals surface area contributed by atoms with Crippen LogP contribution in [0, 0.1) is 0 Å². The maximum Gasteiger partial charge on any atom is 0.274 e. The predicted octanol–water partition coefficient (Wildman–Crippen LogP) is 5.61. The first-order valence-electron chi connectivity index (χ1n) is 11.6. The number of anilines is 1. The van der Waals surface area contributed by atoms with Crippen molar-refractivity contribution in [1.82, 2.24) is 10.5 Å². The third-order valence-electron chi connectivity index (χ3n) is 5.90. The molecule has 5 rings (SSSR count). The predicted molar refractivity (Wildman–Crippen MR) is 143 cm³/mol. The molecule has 3 N–H and O–H groups in total. The van der Waals surface area contributed by atoms with Crippen LogP contribution in [0.15, 0.2) is 109 Å². The van der Waals surface area contributed by atoms with Crippen LogP contribution in [0.2, 0.25) is 0 Å². The van der Waals surface area contributed by atoms with Crippen molar-refractivity contribution in [3.05, 3.63) is 120 Å². The van der Waals surface area contributed by atoms with Gasteiger partial charge in [0.25, 0.3) is 11.8 Å². The molecule has 182 valence electrons. The number of aromatic nitrogens is 1. The first-order valence-corrected chi connectivity index (χ1v) is 11.6. The van der Waals surface area contributed by atoms with E-state index in [1.165, 1.54) is 0 Å². The maximum atomic E-state index is 13.4. The van der Waals surface area contributed by atoms with Gasteiger partial charge in [0.1, 0.15) is 12.4 Å². The number of nitrogens with zero attached hydrogens (tertiary/aromatic N) is 1. The van der Waals surface area contributed by atoms with Crippen LogP contribution in [0.4, 0.5) is 5.69 Å². The van der Waals surface area contributed by atoms with Crippen LogP contribution in [-0.2, 0) is 4.79 Å². The van der Waals surface area contributed by atoms with Crippen LogP contribution in [-0.4, -0.2) is 28.6 Å². The van der Waals surface area contributed by atoms with Gasteiger partial charge in [-0.25, -0.2) is 5.48 Å². The summed E-state index contributed by atoms with van der Waals surface area (Å²) < 4.78 is 6.13. The summed E-state index contributed by atoms with van der Waals surface area (Å²) in [6.07, 6.45) is 3.44. The lowest BCUT2D eigenvalue weighted by Crippen LogP contribution is -2.19. The summed E-state index contributed by atoms with van der Waals surface area (Å²) in [6.45, 7) is 0.0217. The number of amides is 2. The Hall–Kier alpha value is -5.01. The average molecular weight is 490 g/mol. The maximum absolute atomic E-state index is 13.4. The topological polar surface area (TPSA) is 101 Å². The van der Waals surface area contributed by atoms with Crippen LogP contribution in [0.25, 0.3) is 27.8 Å². The zero-order valence-corrected chi connectivity index (χ0v) is 19.7. The van der Waals surface area contributed by atoms with Gasteiger partial charge in [0, 0.05) is 28.2 Å². The number of ether oxygens (including phenoxy) is 1. The number of hydroxylamine groups is 1. The van der Waals surface area contributed by atoms with Crippen molar-refractivity contribution < 1.29 is 19.5 Å². The van der Waals surface area contributed by atoms with Gasteiger partial charge in [0.05, 0.1) is 11.1 Å². The molecular weight excluding hydrogens is 466 g/mol. The first-order chi connectivity index (χ1) is 18.1. The Labute approximate surface area is 213 Å². The summed E-state index contributed by atoms with van der Waals surface area (Å²) in [5, 5.41) is 14.7. The summed E-state index contributed by atoms with van der Waals surface area (Å²) in [6, 6.07) is 29.5. The molecule has 0 spiro atoms. The van der Waals surface area contributed by atoms with Crippen molar-refractivity contribution >= 4 is 45.3 Å². The lowest BCUT2D eigenvalue weighted by molar-refractivity contribution is -0.113. The van der Waals surface area contributed by atoms with E-state index in [0.717, 1.165) is 21.7 Å². The van der Waals surface area contributed by atoms with Gasteiger partial charge in [-0.15, -0.1) is 0 Å². The van der Waals surface area contributed by atoms with Gasteiger partial charge in [0.2, 0.25) is 0 Å². The van der Waals surface area contributed by atoms with E-state index in [1.54, 1.807) is 48.1 Å². The van der Waals surface area contributed by atoms with Crippen molar-refractivity contribution in [3.8, 4) is 5.75 Å². The third kappa shape index (κ3) is 5.47. The largest absolute Gasteiger partial charge is 0.488 e. The van der Waals surface area contributed by atoms with Crippen molar-refractivity contribution in [2.24, 2.45) is 0 Å². The summed E-state index contributed by atoms with van der Waals surface area (Å²) in [5.74, 6) is -0.261. The van der Waals surface area contributed by atoms with Crippen LogP contribution in [0.5, 0.6) is 5.75 Å². The average Bonchev–Trinajstić information content (AvgIpc) is 2.95. The van der Waals surface area contributed by atoms with Gasteiger partial charge in [-0.3, -0.25) is 19.8 Å². The molecule has 1 heterocycles. The zero-order chi connectivity index (χ0) is 25.6. The fraction of sp³-hybridized carbons (Fsp3) is 0.0333. The Morgan fingerprint density at radius 2 is 1.65 bits per heavy atom. The van der Waals surface area contributed by atoms with Gasteiger partial charge < -0.3 is 10.1 Å². The Kier molecular flexibility index (Phi) is 6.87. The van der Waals surface area contributed by atoms with Crippen molar-refractivity contribution in [2.75, 3.05) is 11.9 Å². The number of hydrogen-bond acceptors (Lipinski definition) is 5. The van der Waals surface area contributed by atoms with Gasteiger partial charge in [-0.2, -0.15) is 0 Å². The number of hydrogen-bond donors (Lipinski definition) is 3. The van der Waals surface area contributed by atoms with E-state index in [1.807, 2.05) is 66.7 Å². The minimum atomic E-state index is -0.612. The molecule has 0 atom stereocenters. The molecule has 0 bridgehead atoms. The number of rotatable bonds is 7. The molecule has 0 aliphatic rings. The number of carbonyl (C=O) groups is 2. The molecule has 7 nitrogen and oxygen atoms in total. The molecule has 4 aromatic carbocycles. The SMILES string of the molecule is O=C(Nc1ccc2ncccc2c1)C(=Cc1ccc(C(=O)NO)cc1)COc1cccc2ccccc12. The van der Waals surface area contributed by atoms with Crippen LogP contribution in [0.3, 0.4) is 0 Å². The fourth-order valence-electron chi connectivity index (χ4n) is 4.01. The van der Waals surface area contributed by atoms with Gasteiger partial charge >= 0.3 is 0 Å². The molecule has 0 saturated heterocycles. The molecule has 7 heteroatoms. The van der Waals surface area contributed by atoms with E-state index in [9.17, 15) is 9.59 Å². The van der Waals surface area contributed by atoms with E-state index in [0.29, 0.717) is 28.1 Å². The number of pyridine rings is 1. The van der Waals surface area contributed by atoms with Crippen molar-refractivity contribution in [3.63, 3.8) is 0 Å². The highest BCUT2D eigenvalue weighted by molar-refractivity contribution is 6.07. The lowest BCUT2D eigenvalue weighted by atomic mass is 10.1. The third-order valence-corrected chi connectivity index (χ3v) is 5.90. The number of carbonyl (C=O) groups excluding carboxylic acids is 2. The second kappa shape index (κ2) is 10.7. The summed E-state index contributed by atoms with van der Waals surface area (Å²) in [4.78, 5) is 29.4. The van der Waals surface area contributed by atoms with Crippen molar-refractivity contribution in [2.45, 2.75) is 0 Å². The van der Waals surface area contributed by atoms with E-state index in [4.69, 9.17) is 9.94 Å². The van der Waals surface area contributed by atoms with Gasteiger partial charge in [-0.05, 0) is 59.5 Å². The second-order valence-electron chi connectivity index (χ2n) is 8.36. The molecule has 2 amide bonds. The summed E-state index contributed by atoms with van der Waals surface area (Å²) in [5.41, 5.74) is 4.46. The Morgan fingerprint density at radius 1 is 0.865 bits per heavy atom. The Balaban J connectivity index is 1.43. The normalized spacial score (nSPS) is 11.3. The Bertz CT molecular complexity index is 1620. The molecule has 5 aromatic rings. The van der Waals surface area contributed by atoms with E-state index >= 15 is 0 Å². The first kappa shape index (κ1) is 23.7. The van der Waals surface area contributed by atoms with E-state index < -0.39 is 5.91 Å². The Morgan fingerprint density at radius 3 is 2.49 bits per heavy atom. The van der Waals surface area contributed by atoms with Crippen molar-refractivity contribution in [1.29, 1.82) is 0 Å². The van der Waals surface area contributed by atoms with E-state index in [-0.39, 0.29) is 12.5 Å². The van der Waals surface area contributed by atoms with E-state index in [2.05, 4.69) is 10.3 Å². The standard InChI is InChI=1S/C30H23N3O4/c34-29(32-25-14-15-27-23(18-25)7-4-16-31-27)24(17-20-10-12-22(13-11-20)30(35)33-36)19-37-28-9-3-6-21-5-1-2-8-26(21)28/h1-18,36H,19H2,(H,32,34)(H,33,35). The molecule has 0 saturated carbocycles. The van der Waals surface area contributed by atoms with Crippen LogP contribution < -0.4 is 15.5 Å². The molecular formula is C30H23N3O4. The van der Waals surface area contributed by atoms with Crippen LogP contribution in [0.1, 0.15) is 15.9 Å². The summed E-state index contributed by atoms with van der Waals surface area (Å²) >= 11 is 0. The monoisotopic (exact) mass is 489 g/mol. The molecule has 37 heavy (non-hydrogen) atoms. The highest BCUT2D eigenvalue weighted by Gasteiger charge is 2.14. The quantitative estimate of drug-likeness (QED) is 0.157. The smallest absolute Gasteiger partial charge is 0.274 e. The summed E-state index contributed by atoms with van der Waals surface area (Å²) in [7, 11) is 0. The van der Waals surface area contributed by atoms with Crippen LogP contribution >= 0.6 is 0 Å². The molecule has 0 fully saturated rings. The fourth-order valence-corrected chi connectivity index (χ4v) is 4.01. The molecule has 0 radical (unpaired) electrons. The van der Waals surface area contributed by atoms with Gasteiger partial charge in [-0.1, -0.05) is 54.6 Å². The highest BCUT2D eigenvalue weighted by atomic mass is 16.5. The minimum absolute atomic E-state index is 0.0217. The lowest BCUT2D eigenvalue weighted by Gasteiger charge is -2.13. The zero-order valence-electron chi connectivity index (χ0n) is 19.7. The number of benzene rings is 4. The molecule has 0 aliphatic heterocycles. The number of fused-ring (bicyclic) bond motifs is 2. The van der Waals surface area contributed by atoms with Gasteiger partial charge in [0.15, 0.2) is 0 Å². The second-order valence-corrected chi connectivity index (χ2v) is 8.36.